The van der Waals surface area contributed by atoms with E-state index in [0.717, 1.165) is 6.54 Å². The van der Waals surface area contributed by atoms with Crippen molar-refractivity contribution in [1.29, 1.82) is 0 Å². The molecule has 2 amide bonds. The van der Waals surface area contributed by atoms with Crippen LogP contribution in [0.1, 0.15) is 32.6 Å². The van der Waals surface area contributed by atoms with Crippen molar-refractivity contribution in [2.75, 3.05) is 26.7 Å². The molecule has 1 aliphatic heterocycles. The number of hydrogen-bond donors (Lipinski definition) is 1. The largest absolute Gasteiger partial charge is 0.481 e. The van der Waals surface area contributed by atoms with Gasteiger partial charge in [-0.15, -0.1) is 0 Å². The minimum Gasteiger partial charge on any atom is -0.481 e. The third kappa shape index (κ3) is 3.19. The van der Waals surface area contributed by atoms with E-state index >= 15 is 0 Å². The summed E-state index contributed by atoms with van der Waals surface area (Å²) in [5, 5.41) is 8.93. The molecule has 1 unspecified atom stereocenters. The Labute approximate surface area is 114 Å². The molecule has 2 rings (SSSR count). The fraction of sp³-hybridized carbons (Fsp3) is 0.857. The Morgan fingerprint density at radius 3 is 2.42 bits per heavy atom. The lowest BCUT2D eigenvalue weighted by molar-refractivity contribution is -0.144. The van der Waals surface area contributed by atoms with Gasteiger partial charge in [-0.2, -0.15) is 0 Å². The van der Waals surface area contributed by atoms with Crippen molar-refractivity contribution in [3.8, 4) is 0 Å². The van der Waals surface area contributed by atoms with Gasteiger partial charge in [0, 0.05) is 32.6 Å². The first kappa shape index (κ1) is 14.2. The van der Waals surface area contributed by atoms with Crippen LogP contribution >= 0.6 is 0 Å². The van der Waals surface area contributed by atoms with Crippen molar-refractivity contribution in [3.63, 3.8) is 0 Å². The van der Waals surface area contributed by atoms with Gasteiger partial charge in [-0.1, -0.05) is 19.8 Å². The molecule has 1 atom stereocenters. The smallest absolute Gasteiger partial charge is 0.319 e. The van der Waals surface area contributed by atoms with Crippen molar-refractivity contribution in [2.45, 2.75) is 32.6 Å². The van der Waals surface area contributed by atoms with Gasteiger partial charge in [0.05, 0.1) is 5.92 Å². The molecule has 1 N–H and O–H groups in total. The van der Waals surface area contributed by atoms with Gasteiger partial charge in [-0.25, -0.2) is 4.79 Å². The molecule has 5 heteroatoms. The molecule has 0 spiro atoms. The quantitative estimate of drug-likeness (QED) is 0.847. The number of nitrogens with zero attached hydrogens (tertiary/aromatic N) is 2. The third-order valence-corrected chi connectivity index (χ3v) is 4.61. The van der Waals surface area contributed by atoms with E-state index in [4.69, 9.17) is 5.11 Å². The molecule has 2 aliphatic rings. The lowest BCUT2D eigenvalue weighted by Gasteiger charge is -2.43. The second-order valence-electron chi connectivity index (χ2n) is 6.11. The van der Waals surface area contributed by atoms with Crippen LogP contribution in [0.2, 0.25) is 0 Å². The summed E-state index contributed by atoms with van der Waals surface area (Å²) >= 11 is 0. The minimum absolute atomic E-state index is 0.0562. The Morgan fingerprint density at radius 1 is 1.32 bits per heavy atom. The first-order valence-corrected chi connectivity index (χ1v) is 7.22. The van der Waals surface area contributed by atoms with E-state index in [1.54, 1.807) is 16.7 Å². The number of urea groups is 1. The van der Waals surface area contributed by atoms with Crippen LogP contribution in [-0.4, -0.2) is 53.6 Å². The summed E-state index contributed by atoms with van der Waals surface area (Å²) in [7, 11) is 1.86. The topological polar surface area (TPSA) is 60.9 Å². The Morgan fingerprint density at radius 2 is 1.89 bits per heavy atom. The number of hydrogen-bond acceptors (Lipinski definition) is 2. The van der Waals surface area contributed by atoms with E-state index in [9.17, 15) is 9.59 Å². The second kappa shape index (κ2) is 5.80. The number of likely N-dealkylation sites (tertiary alicyclic amines) is 1. The fourth-order valence-electron chi connectivity index (χ4n) is 3.09. The van der Waals surface area contributed by atoms with E-state index < -0.39 is 5.97 Å². The molecule has 0 aromatic heterocycles. The highest BCUT2D eigenvalue weighted by Gasteiger charge is 2.38. The summed E-state index contributed by atoms with van der Waals surface area (Å²) in [5.41, 5.74) is 0. The SMILES string of the molecule is CC(C(=O)O)C1CN(C(=O)N(C)CC2CCCC2)C1. The van der Waals surface area contributed by atoms with Gasteiger partial charge >= 0.3 is 12.0 Å². The van der Waals surface area contributed by atoms with Crippen molar-refractivity contribution in [3.05, 3.63) is 0 Å². The molecule has 0 aromatic rings. The number of aliphatic carboxylic acids is 1. The highest BCUT2D eigenvalue weighted by atomic mass is 16.4. The molecule has 19 heavy (non-hydrogen) atoms. The molecule has 1 aliphatic carbocycles. The van der Waals surface area contributed by atoms with Crippen molar-refractivity contribution >= 4 is 12.0 Å². The van der Waals surface area contributed by atoms with Gasteiger partial charge in [-0.05, 0) is 18.8 Å². The standard InChI is InChI=1S/C14H24N2O3/c1-10(13(17)18)12-8-16(9-12)14(19)15(2)7-11-5-3-4-6-11/h10-12H,3-9H2,1-2H3,(H,17,18). The lowest BCUT2D eigenvalue weighted by Crippen LogP contribution is -2.57. The monoisotopic (exact) mass is 268 g/mol. The molecule has 1 saturated carbocycles. The van der Waals surface area contributed by atoms with Gasteiger partial charge in [0.25, 0.3) is 0 Å². The number of rotatable bonds is 4. The molecule has 0 radical (unpaired) electrons. The van der Waals surface area contributed by atoms with Crippen LogP contribution in [0, 0.1) is 17.8 Å². The normalized spacial score (nSPS) is 22.1. The Bertz CT molecular complexity index is 347. The van der Waals surface area contributed by atoms with Crippen LogP contribution < -0.4 is 0 Å². The predicted octanol–water partition coefficient (Wildman–Crippen LogP) is 1.88. The van der Waals surface area contributed by atoms with Crippen molar-refractivity contribution < 1.29 is 14.7 Å². The van der Waals surface area contributed by atoms with E-state index in [1.807, 2.05) is 7.05 Å². The van der Waals surface area contributed by atoms with E-state index in [2.05, 4.69) is 0 Å². The molecule has 2 fully saturated rings. The molecule has 108 valence electrons. The zero-order valence-electron chi connectivity index (χ0n) is 11.8. The van der Waals surface area contributed by atoms with Gasteiger partial charge < -0.3 is 14.9 Å². The van der Waals surface area contributed by atoms with Crippen molar-refractivity contribution in [1.82, 2.24) is 9.80 Å². The van der Waals surface area contributed by atoms with Crippen LogP contribution in [-0.2, 0) is 4.79 Å². The Balaban J connectivity index is 1.74. The fourth-order valence-corrected chi connectivity index (χ4v) is 3.09. The Hall–Kier alpha value is -1.26. The molecule has 1 heterocycles. The molecule has 0 bridgehead atoms. The summed E-state index contributed by atoms with van der Waals surface area (Å²) < 4.78 is 0. The number of carboxylic acid groups (broad SMARTS) is 1. The first-order chi connectivity index (χ1) is 8.99. The van der Waals surface area contributed by atoms with Crippen molar-refractivity contribution in [2.24, 2.45) is 17.8 Å². The van der Waals surface area contributed by atoms with E-state index in [1.165, 1.54) is 25.7 Å². The van der Waals surface area contributed by atoms with Crippen LogP contribution in [0.15, 0.2) is 0 Å². The molecule has 5 nitrogen and oxygen atoms in total. The first-order valence-electron chi connectivity index (χ1n) is 7.22. The predicted molar refractivity (Wildman–Crippen MR) is 71.8 cm³/mol. The summed E-state index contributed by atoms with van der Waals surface area (Å²) in [4.78, 5) is 26.6. The third-order valence-electron chi connectivity index (χ3n) is 4.61. The summed E-state index contributed by atoms with van der Waals surface area (Å²) in [6.45, 7) is 3.73. The summed E-state index contributed by atoms with van der Waals surface area (Å²) in [5.74, 6) is -0.356. The lowest BCUT2D eigenvalue weighted by atomic mass is 9.87. The maximum Gasteiger partial charge on any atom is 0.319 e. The van der Waals surface area contributed by atoms with Crippen LogP contribution in [0.25, 0.3) is 0 Å². The van der Waals surface area contributed by atoms with Gasteiger partial charge in [0.15, 0.2) is 0 Å². The van der Waals surface area contributed by atoms with Crippen LogP contribution in [0.3, 0.4) is 0 Å². The maximum absolute atomic E-state index is 12.2. The van der Waals surface area contributed by atoms with Crippen LogP contribution in [0.4, 0.5) is 4.79 Å². The molecular formula is C14H24N2O3. The summed E-state index contributed by atoms with van der Waals surface area (Å²) in [6.07, 6.45) is 5.04. The molecule has 0 aromatic carbocycles. The maximum atomic E-state index is 12.2. The number of carbonyl (C=O) groups excluding carboxylic acids is 1. The molecule has 1 saturated heterocycles. The second-order valence-corrected chi connectivity index (χ2v) is 6.11. The van der Waals surface area contributed by atoms with Gasteiger partial charge in [-0.3, -0.25) is 4.79 Å². The Kier molecular flexibility index (Phi) is 4.32. The average molecular weight is 268 g/mol. The van der Waals surface area contributed by atoms with Gasteiger partial charge in [0.2, 0.25) is 0 Å². The zero-order chi connectivity index (χ0) is 14.0. The highest BCUT2D eigenvalue weighted by Crippen LogP contribution is 2.27. The van der Waals surface area contributed by atoms with E-state index in [0.29, 0.717) is 19.0 Å². The highest BCUT2D eigenvalue weighted by molar-refractivity contribution is 5.76. The van der Waals surface area contributed by atoms with Gasteiger partial charge in [0.1, 0.15) is 0 Å². The molecular weight excluding hydrogens is 244 g/mol. The van der Waals surface area contributed by atoms with Crippen LogP contribution in [0.5, 0.6) is 0 Å². The number of carbonyl (C=O) groups is 2. The minimum atomic E-state index is -0.767. The number of carboxylic acids is 1. The zero-order valence-corrected chi connectivity index (χ0v) is 11.8. The average Bonchev–Trinajstić information content (AvgIpc) is 2.79. The van der Waals surface area contributed by atoms with E-state index in [-0.39, 0.29) is 17.9 Å². The number of amides is 2. The summed E-state index contributed by atoms with van der Waals surface area (Å²) in [6, 6.07) is 0.0562.